The molecule has 1 aliphatic carbocycles. The summed E-state index contributed by atoms with van der Waals surface area (Å²) in [6.07, 6.45) is 1.83. The van der Waals surface area contributed by atoms with Crippen LogP contribution in [-0.2, 0) is 9.53 Å². The van der Waals surface area contributed by atoms with Gasteiger partial charge in [-0.1, -0.05) is 0 Å². The predicted octanol–water partition coefficient (Wildman–Crippen LogP) is -0.380. The molecule has 1 saturated carbocycles. The molecule has 1 rings (SSSR count). The average Bonchev–Trinajstić information content (AvgIpc) is 1.94. The highest BCUT2D eigenvalue weighted by atomic mass is 16.6. The van der Waals surface area contributed by atoms with E-state index in [2.05, 4.69) is 5.32 Å². The molecule has 0 heterocycles. The fourth-order valence-electron chi connectivity index (χ4n) is 0.874. The SMILES string of the molecule is CNC(=O)C(O)OC1CCC1. The quantitative estimate of drug-likeness (QED) is 0.552. The maximum Gasteiger partial charge on any atom is 0.276 e. The molecule has 0 bridgehead atoms. The van der Waals surface area contributed by atoms with Gasteiger partial charge >= 0.3 is 0 Å². The maximum absolute atomic E-state index is 10.7. The Morgan fingerprint density at radius 2 is 2.36 bits per heavy atom. The number of rotatable bonds is 3. The van der Waals surface area contributed by atoms with E-state index >= 15 is 0 Å². The summed E-state index contributed by atoms with van der Waals surface area (Å²) in [4.78, 5) is 10.7. The number of hydrogen-bond donors (Lipinski definition) is 2. The zero-order valence-corrected chi connectivity index (χ0v) is 6.54. The predicted molar refractivity (Wildman–Crippen MR) is 38.8 cm³/mol. The van der Waals surface area contributed by atoms with E-state index in [1.54, 1.807) is 0 Å². The van der Waals surface area contributed by atoms with Gasteiger partial charge in [0.1, 0.15) is 0 Å². The van der Waals surface area contributed by atoms with Crippen LogP contribution in [0, 0.1) is 0 Å². The van der Waals surface area contributed by atoms with Crippen molar-refractivity contribution in [1.82, 2.24) is 5.32 Å². The summed E-state index contributed by atoms with van der Waals surface area (Å²) in [5.74, 6) is -0.475. The van der Waals surface area contributed by atoms with Gasteiger partial charge in [-0.3, -0.25) is 4.79 Å². The van der Waals surface area contributed by atoms with Crippen molar-refractivity contribution in [3.63, 3.8) is 0 Å². The standard InChI is InChI=1S/C7H13NO3/c1-8-6(9)7(10)11-5-3-2-4-5/h5,7,10H,2-4H2,1H3,(H,8,9). The molecule has 1 fully saturated rings. The van der Waals surface area contributed by atoms with Crippen molar-refractivity contribution in [2.24, 2.45) is 0 Å². The Labute approximate surface area is 65.5 Å². The number of amides is 1. The van der Waals surface area contributed by atoms with Crippen molar-refractivity contribution < 1.29 is 14.6 Å². The lowest BCUT2D eigenvalue weighted by Gasteiger charge is -2.27. The molecule has 0 saturated heterocycles. The highest BCUT2D eigenvalue weighted by Crippen LogP contribution is 2.22. The van der Waals surface area contributed by atoms with Gasteiger partial charge < -0.3 is 15.2 Å². The molecule has 2 N–H and O–H groups in total. The molecule has 64 valence electrons. The first-order valence-corrected chi connectivity index (χ1v) is 3.79. The van der Waals surface area contributed by atoms with Crippen molar-refractivity contribution in [2.45, 2.75) is 31.7 Å². The molecule has 1 aliphatic rings. The van der Waals surface area contributed by atoms with Gasteiger partial charge in [0.15, 0.2) is 0 Å². The van der Waals surface area contributed by atoms with Crippen LogP contribution < -0.4 is 5.32 Å². The number of carbonyl (C=O) groups is 1. The van der Waals surface area contributed by atoms with E-state index in [-0.39, 0.29) is 6.10 Å². The highest BCUT2D eigenvalue weighted by Gasteiger charge is 2.24. The van der Waals surface area contributed by atoms with E-state index in [0.29, 0.717) is 0 Å². The second kappa shape index (κ2) is 3.69. The largest absolute Gasteiger partial charge is 0.361 e. The van der Waals surface area contributed by atoms with Gasteiger partial charge in [0, 0.05) is 7.05 Å². The van der Waals surface area contributed by atoms with E-state index in [4.69, 9.17) is 9.84 Å². The van der Waals surface area contributed by atoms with E-state index in [0.717, 1.165) is 19.3 Å². The topological polar surface area (TPSA) is 58.6 Å². The minimum Gasteiger partial charge on any atom is -0.361 e. The van der Waals surface area contributed by atoms with E-state index in [1.165, 1.54) is 7.05 Å². The van der Waals surface area contributed by atoms with Gasteiger partial charge in [0.05, 0.1) is 6.10 Å². The van der Waals surface area contributed by atoms with Crippen LogP contribution in [0.15, 0.2) is 0 Å². The monoisotopic (exact) mass is 159 g/mol. The van der Waals surface area contributed by atoms with Gasteiger partial charge in [0.2, 0.25) is 6.29 Å². The Balaban J connectivity index is 2.18. The van der Waals surface area contributed by atoms with E-state index in [9.17, 15) is 4.79 Å². The molecule has 0 radical (unpaired) electrons. The average molecular weight is 159 g/mol. The van der Waals surface area contributed by atoms with Crippen molar-refractivity contribution >= 4 is 5.91 Å². The number of likely N-dealkylation sites (N-methyl/N-ethyl adjacent to an activating group) is 1. The van der Waals surface area contributed by atoms with Gasteiger partial charge in [-0.25, -0.2) is 0 Å². The van der Waals surface area contributed by atoms with Crippen molar-refractivity contribution in [1.29, 1.82) is 0 Å². The lowest BCUT2D eigenvalue weighted by Crippen LogP contribution is -2.38. The summed E-state index contributed by atoms with van der Waals surface area (Å²) in [6.45, 7) is 0. The van der Waals surface area contributed by atoms with Crippen LogP contribution in [0.5, 0.6) is 0 Å². The third-order valence-corrected chi connectivity index (χ3v) is 1.84. The third kappa shape index (κ3) is 2.17. The van der Waals surface area contributed by atoms with Crippen LogP contribution in [0.25, 0.3) is 0 Å². The summed E-state index contributed by atoms with van der Waals surface area (Å²) < 4.78 is 4.98. The molecule has 1 amide bonds. The normalized spacial score (nSPS) is 20.5. The minimum atomic E-state index is -1.29. The zero-order valence-electron chi connectivity index (χ0n) is 6.54. The smallest absolute Gasteiger partial charge is 0.276 e. The van der Waals surface area contributed by atoms with E-state index in [1.807, 2.05) is 0 Å². The van der Waals surface area contributed by atoms with Crippen LogP contribution in [-0.4, -0.2) is 30.5 Å². The third-order valence-electron chi connectivity index (χ3n) is 1.84. The van der Waals surface area contributed by atoms with Gasteiger partial charge in [-0.2, -0.15) is 0 Å². The molecular weight excluding hydrogens is 146 g/mol. The molecule has 4 nitrogen and oxygen atoms in total. The summed E-state index contributed by atoms with van der Waals surface area (Å²) in [6, 6.07) is 0. The van der Waals surface area contributed by atoms with Gasteiger partial charge in [-0.05, 0) is 19.3 Å². The lowest BCUT2D eigenvalue weighted by molar-refractivity contribution is -0.177. The molecule has 1 atom stereocenters. The molecule has 0 aliphatic heterocycles. The number of nitrogens with one attached hydrogen (secondary N) is 1. The fourth-order valence-corrected chi connectivity index (χ4v) is 0.874. The Bertz CT molecular complexity index is 145. The number of aliphatic hydroxyl groups is 1. The van der Waals surface area contributed by atoms with Crippen LogP contribution in [0.2, 0.25) is 0 Å². The maximum atomic E-state index is 10.7. The first kappa shape index (κ1) is 8.49. The number of ether oxygens (including phenoxy) is 1. The van der Waals surface area contributed by atoms with Crippen molar-refractivity contribution in [3.05, 3.63) is 0 Å². The molecule has 0 aromatic heterocycles. The fraction of sp³-hybridized carbons (Fsp3) is 0.857. The second-order valence-corrected chi connectivity index (χ2v) is 2.66. The minimum absolute atomic E-state index is 0.0855. The first-order chi connectivity index (χ1) is 5.24. The lowest BCUT2D eigenvalue weighted by atomic mass is 9.96. The molecule has 0 aromatic carbocycles. The van der Waals surface area contributed by atoms with Crippen molar-refractivity contribution in [3.8, 4) is 0 Å². The Kier molecular flexibility index (Phi) is 2.84. The van der Waals surface area contributed by atoms with Crippen LogP contribution in [0.3, 0.4) is 0 Å². The molecule has 11 heavy (non-hydrogen) atoms. The number of aliphatic hydroxyl groups excluding tert-OH is 1. The Morgan fingerprint density at radius 1 is 1.73 bits per heavy atom. The molecule has 0 aromatic rings. The zero-order chi connectivity index (χ0) is 8.27. The van der Waals surface area contributed by atoms with E-state index < -0.39 is 12.2 Å². The number of hydrogen-bond acceptors (Lipinski definition) is 3. The molecule has 0 spiro atoms. The van der Waals surface area contributed by atoms with Crippen LogP contribution in [0.1, 0.15) is 19.3 Å². The number of carbonyl (C=O) groups excluding carboxylic acids is 1. The van der Waals surface area contributed by atoms with Crippen molar-refractivity contribution in [2.75, 3.05) is 7.05 Å². The second-order valence-electron chi connectivity index (χ2n) is 2.66. The Hall–Kier alpha value is -0.610. The highest BCUT2D eigenvalue weighted by molar-refractivity contribution is 5.78. The Morgan fingerprint density at radius 3 is 2.73 bits per heavy atom. The van der Waals surface area contributed by atoms with Crippen LogP contribution >= 0.6 is 0 Å². The van der Waals surface area contributed by atoms with Gasteiger partial charge in [-0.15, -0.1) is 0 Å². The molecule has 1 unspecified atom stereocenters. The van der Waals surface area contributed by atoms with Gasteiger partial charge in [0.25, 0.3) is 5.91 Å². The summed E-state index contributed by atoms with van der Waals surface area (Å²) in [7, 11) is 1.47. The first-order valence-electron chi connectivity index (χ1n) is 3.79. The summed E-state index contributed by atoms with van der Waals surface area (Å²) in [5, 5.41) is 11.3. The summed E-state index contributed by atoms with van der Waals surface area (Å²) >= 11 is 0. The van der Waals surface area contributed by atoms with Crippen LogP contribution in [0.4, 0.5) is 0 Å². The summed E-state index contributed by atoms with van der Waals surface area (Å²) in [5.41, 5.74) is 0. The molecule has 4 heteroatoms. The molecular formula is C7H13NO3.